The number of esters is 1. The molecule has 1 heterocycles. The molecule has 0 amide bonds. The summed E-state index contributed by atoms with van der Waals surface area (Å²) >= 11 is 4.00. The van der Waals surface area contributed by atoms with Crippen LogP contribution in [0.15, 0.2) is 30.5 Å². The number of alkyl halides is 1. The molecule has 0 fully saturated rings. The van der Waals surface area contributed by atoms with Crippen LogP contribution in [-0.2, 0) is 18.0 Å². The van der Waals surface area contributed by atoms with Crippen LogP contribution >= 0.6 is 12.8 Å². The van der Waals surface area contributed by atoms with Crippen LogP contribution in [0.2, 0.25) is 0 Å². The van der Waals surface area contributed by atoms with Crippen LogP contribution in [-0.4, -0.2) is 21.8 Å². The molecule has 21 heavy (non-hydrogen) atoms. The highest BCUT2D eigenvalue weighted by Gasteiger charge is 2.16. The van der Waals surface area contributed by atoms with Crippen molar-refractivity contribution >= 4 is 18.8 Å². The first-order chi connectivity index (χ1) is 10.2. The Kier molecular flexibility index (Phi) is 5.21. The highest BCUT2D eigenvalue weighted by Crippen LogP contribution is 2.20. The van der Waals surface area contributed by atoms with Gasteiger partial charge in [-0.2, -0.15) is 0 Å². The Hall–Kier alpha value is -2.02. The molecule has 2 aromatic rings. The number of carbonyl (C=O) groups excluding carboxylic acids is 1. The number of rotatable bonds is 6. The highest BCUT2D eigenvalue weighted by atomic mass is 32.1. The van der Waals surface area contributed by atoms with E-state index in [4.69, 9.17) is 9.47 Å². The van der Waals surface area contributed by atoms with Gasteiger partial charge in [0.1, 0.15) is 13.3 Å². The maximum atomic E-state index is 13.1. The van der Waals surface area contributed by atoms with E-state index in [0.717, 1.165) is 0 Å². The fourth-order valence-corrected chi connectivity index (χ4v) is 2.01. The molecule has 0 unspecified atom stereocenters. The van der Waals surface area contributed by atoms with Gasteiger partial charge in [0.05, 0.1) is 12.2 Å². The van der Waals surface area contributed by atoms with Crippen LogP contribution in [0.4, 0.5) is 4.39 Å². The van der Waals surface area contributed by atoms with E-state index in [1.54, 1.807) is 37.4 Å². The van der Waals surface area contributed by atoms with Crippen molar-refractivity contribution in [3.63, 3.8) is 0 Å². The van der Waals surface area contributed by atoms with Gasteiger partial charge in [-0.15, -0.1) is 5.10 Å². The van der Waals surface area contributed by atoms with Gasteiger partial charge in [0.15, 0.2) is 0 Å². The number of aromatic nitrogens is 2. The molecule has 0 aliphatic carbocycles. The van der Waals surface area contributed by atoms with Gasteiger partial charge in [0, 0.05) is 17.8 Å². The first kappa shape index (κ1) is 15.4. The van der Waals surface area contributed by atoms with Gasteiger partial charge in [0.25, 0.3) is 0 Å². The summed E-state index contributed by atoms with van der Waals surface area (Å²) < 4.78 is 24.8. The summed E-state index contributed by atoms with van der Waals surface area (Å²) in [5, 5.41) is 3.94. The van der Waals surface area contributed by atoms with Crippen molar-refractivity contribution in [3.8, 4) is 5.88 Å². The lowest BCUT2D eigenvalue weighted by atomic mass is 10.0. The standard InChI is InChI=1S/C14H15FN2O3S/c1-2-19-14(18)11-5-3-4-10(8-15)12(11)9-20-13-6-7-17(21)16-13/h3-7,21H,2,8-9H2,1H3. The minimum atomic E-state index is -0.688. The summed E-state index contributed by atoms with van der Waals surface area (Å²) in [6.45, 7) is 1.31. The number of hydrogen-bond acceptors (Lipinski definition) is 5. The molecule has 112 valence electrons. The van der Waals surface area contributed by atoms with Crippen molar-refractivity contribution in [2.45, 2.75) is 20.2 Å². The molecule has 0 spiro atoms. The Balaban J connectivity index is 2.24. The lowest BCUT2D eigenvalue weighted by Gasteiger charge is -2.12. The van der Waals surface area contributed by atoms with Crippen LogP contribution in [0.5, 0.6) is 5.88 Å². The number of thiol groups is 1. The van der Waals surface area contributed by atoms with Gasteiger partial charge in [0.2, 0.25) is 5.88 Å². The fraction of sp³-hybridized carbons (Fsp3) is 0.286. The predicted octanol–water partition coefficient (Wildman–Crippen LogP) is 2.80. The van der Waals surface area contributed by atoms with E-state index >= 15 is 0 Å². The number of benzene rings is 1. The number of ether oxygens (including phenoxy) is 2. The number of nitrogens with zero attached hydrogens (tertiary/aromatic N) is 2. The first-order valence-corrected chi connectivity index (χ1v) is 6.77. The molecule has 0 atom stereocenters. The third-order valence-electron chi connectivity index (χ3n) is 2.83. The molecular weight excluding hydrogens is 295 g/mol. The topological polar surface area (TPSA) is 53.4 Å². The monoisotopic (exact) mass is 310 g/mol. The summed E-state index contributed by atoms with van der Waals surface area (Å²) in [6.07, 6.45) is 1.60. The molecule has 0 saturated heterocycles. The third-order valence-corrected chi connectivity index (χ3v) is 3.05. The summed E-state index contributed by atoms with van der Waals surface area (Å²) in [6, 6.07) is 6.44. The largest absolute Gasteiger partial charge is 0.472 e. The van der Waals surface area contributed by atoms with E-state index in [2.05, 4.69) is 17.9 Å². The number of hydrogen-bond donors (Lipinski definition) is 1. The highest BCUT2D eigenvalue weighted by molar-refractivity contribution is 7.78. The molecule has 1 aromatic carbocycles. The van der Waals surface area contributed by atoms with E-state index in [9.17, 15) is 9.18 Å². The quantitative estimate of drug-likeness (QED) is 0.658. The van der Waals surface area contributed by atoms with Crippen molar-refractivity contribution in [2.24, 2.45) is 0 Å². The Bertz CT molecular complexity index is 630. The SMILES string of the molecule is CCOC(=O)c1cccc(CF)c1COc1ccn(S)n1. The zero-order chi connectivity index (χ0) is 15.2. The fourth-order valence-electron chi connectivity index (χ4n) is 1.85. The van der Waals surface area contributed by atoms with Crippen LogP contribution in [0, 0.1) is 0 Å². The van der Waals surface area contributed by atoms with Crippen molar-refractivity contribution in [1.29, 1.82) is 0 Å². The Morgan fingerprint density at radius 2 is 2.24 bits per heavy atom. The maximum Gasteiger partial charge on any atom is 0.338 e. The Morgan fingerprint density at radius 3 is 2.86 bits per heavy atom. The molecular formula is C14H15FN2O3S. The molecule has 0 radical (unpaired) electrons. The molecule has 7 heteroatoms. The minimum absolute atomic E-state index is 0.0268. The minimum Gasteiger partial charge on any atom is -0.472 e. The van der Waals surface area contributed by atoms with Gasteiger partial charge in [-0.05, 0) is 31.4 Å². The van der Waals surface area contributed by atoms with Gasteiger partial charge in [-0.3, -0.25) is 0 Å². The van der Waals surface area contributed by atoms with Crippen molar-refractivity contribution in [1.82, 2.24) is 9.19 Å². The summed E-state index contributed by atoms with van der Waals surface area (Å²) in [7, 11) is 0. The van der Waals surface area contributed by atoms with Crippen LogP contribution in [0.25, 0.3) is 0 Å². The van der Waals surface area contributed by atoms with Crippen molar-refractivity contribution in [2.75, 3.05) is 6.61 Å². The molecule has 5 nitrogen and oxygen atoms in total. The van der Waals surface area contributed by atoms with Crippen LogP contribution in [0.1, 0.15) is 28.4 Å². The maximum absolute atomic E-state index is 13.1. The summed E-state index contributed by atoms with van der Waals surface area (Å²) in [4.78, 5) is 11.9. The lowest BCUT2D eigenvalue weighted by Crippen LogP contribution is -2.12. The average Bonchev–Trinajstić information content (AvgIpc) is 2.90. The second-order valence-electron chi connectivity index (χ2n) is 4.16. The second-order valence-corrected chi connectivity index (χ2v) is 4.57. The lowest BCUT2D eigenvalue weighted by molar-refractivity contribution is 0.0523. The van der Waals surface area contributed by atoms with Crippen molar-refractivity contribution in [3.05, 3.63) is 47.2 Å². The smallest absolute Gasteiger partial charge is 0.338 e. The molecule has 0 bridgehead atoms. The van der Waals surface area contributed by atoms with E-state index in [1.165, 1.54) is 4.09 Å². The van der Waals surface area contributed by atoms with E-state index in [-0.39, 0.29) is 13.2 Å². The normalized spacial score (nSPS) is 10.4. The summed E-state index contributed by atoms with van der Waals surface area (Å²) in [5.41, 5.74) is 1.16. The zero-order valence-corrected chi connectivity index (χ0v) is 12.3. The van der Waals surface area contributed by atoms with E-state index < -0.39 is 12.6 Å². The third kappa shape index (κ3) is 3.75. The molecule has 2 rings (SSSR count). The molecule has 1 aromatic heterocycles. The predicted molar refractivity (Wildman–Crippen MR) is 78.2 cm³/mol. The Morgan fingerprint density at radius 1 is 1.43 bits per heavy atom. The van der Waals surface area contributed by atoms with Crippen LogP contribution in [0.3, 0.4) is 0 Å². The van der Waals surface area contributed by atoms with E-state index in [0.29, 0.717) is 22.6 Å². The number of halogens is 1. The molecule has 0 saturated carbocycles. The zero-order valence-electron chi connectivity index (χ0n) is 11.5. The molecule has 0 aliphatic rings. The van der Waals surface area contributed by atoms with Gasteiger partial charge >= 0.3 is 5.97 Å². The van der Waals surface area contributed by atoms with Gasteiger partial charge < -0.3 is 9.47 Å². The van der Waals surface area contributed by atoms with E-state index in [1.807, 2.05) is 0 Å². The first-order valence-electron chi connectivity index (χ1n) is 6.37. The van der Waals surface area contributed by atoms with Gasteiger partial charge in [-0.1, -0.05) is 12.1 Å². The van der Waals surface area contributed by atoms with Crippen molar-refractivity contribution < 1.29 is 18.7 Å². The molecule has 0 aliphatic heterocycles. The summed E-state index contributed by atoms with van der Waals surface area (Å²) in [5.74, 6) is -0.153. The average molecular weight is 310 g/mol. The number of carbonyl (C=O) groups is 1. The Labute approximate surface area is 127 Å². The van der Waals surface area contributed by atoms with Crippen LogP contribution < -0.4 is 4.74 Å². The molecule has 0 N–H and O–H groups in total. The van der Waals surface area contributed by atoms with Gasteiger partial charge in [-0.25, -0.2) is 13.3 Å². The second kappa shape index (κ2) is 7.12.